The summed E-state index contributed by atoms with van der Waals surface area (Å²) in [6.07, 6.45) is 0. The molecule has 0 aliphatic carbocycles. The highest BCUT2D eigenvalue weighted by Gasteiger charge is 2.10. The normalized spacial score (nSPS) is 10.6. The van der Waals surface area contributed by atoms with Crippen LogP contribution in [0.2, 0.25) is 0 Å². The number of carbonyl (C=O) groups is 1. The van der Waals surface area contributed by atoms with Crippen molar-refractivity contribution in [2.45, 2.75) is 26.3 Å². The number of amides is 1. The zero-order chi connectivity index (χ0) is 14.5. The molecule has 1 aromatic heterocycles. The van der Waals surface area contributed by atoms with Gasteiger partial charge in [-0.15, -0.1) is 0 Å². The van der Waals surface area contributed by atoms with Gasteiger partial charge in [0.25, 0.3) is 5.91 Å². The highest BCUT2D eigenvalue weighted by atomic mass is 16.5. The first-order valence-electron chi connectivity index (χ1n) is 6.48. The van der Waals surface area contributed by atoms with Crippen LogP contribution in [0.25, 0.3) is 0 Å². The number of methoxy groups -OCH3 is 1. The fraction of sp³-hybridized carbons (Fsp3) is 0.333. The van der Waals surface area contributed by atoms with Crippen LogP contribution in [-0.4, -0.2) is 18.2 Å². The van der Waals surface area contributed by atoms with Gasteiger partial charge in [-0.05, 0) is 30.2 Å². The number of benzene rings is 1. The number of nitrogens with zero attached hydrogens (tertiary/aromatic N) is 1. The van der Waals surface area contributed by atoms with Crippen molar-refractivity contribution in [1.82, 2.24) is 10.5 Å². The van der Waals surface area contributed by atoms with E-state index in [4.69, 9.17) is 9.26 Å². The minimum absolute atomic E-state index is 0.157. The van der Waals surface area contributed by atoms with Gasteiger partial charge in [0.2, 0.25) is 0 Å². The molecular weight excluding hydrogens is 256 g/mol. The van der Waals surface area contributed by atoms with Crippen molar-refractivity contribution in [2.75, 3.05) is 7.11 Å². The minimum Gasteiger partial charge on any atom is -0.497 e. The second kappa shape index (κ2) is 6.23. The molecule has 1 aromatic carbocycles. The Balaban J connectivity index is 1.93. The average molecular weight is 274 g/mol. The molecule has 0 aliphatic heterocycles. The van der Waals surface area contributed by atoms with Crippen LogP contribution in [0, 0.1) is 0 Å². The first-order valence-corrected chi connectivity index (χ1v) is 6.48. The van der Waals surface area contributed by atoms with Gasteiger partial charge in [0.05, 0.1) is 19.3 Å². The predicted octanol–water partition coefficient (Wildman–Crippen LogP) is 2.74. The van der Waals surface area contributed by atoms with Crippen LogP contribution in [0.1, 0.15) is 41.6 Å². The summed E-state index contributed by atoms with van der Waals surface area (Å²) in [4.78, 5) is 11.9. The Hall–Kier alpha value is -2.30. The molecule has 0 atom stereocenters. The van der Waals surface area contributed by atoms with Gasteiger partial charge < -0.3 is 14.6 Å². The Labute approximate surface area is 117 Å². The van der Waals surface area contributed by atoms with E-state index in [1.165, 1.54) is 0 Å². The van der Waals surface area contributed by atoms with Crippen molar-refractivity contribution >= 4 is 5.91 Å². The summed E-state index contributed by atoms with van der Waals surface area (Å²) in [7, 11) is 1.59. The van der Waals surface area contributed by atoms with Crippen molar-refractivity contribution in [3.63, 3.8) is 0 Å². The average Bonchev–Trinajstić information content (AvgIpc) is 2.94. The van der Waals surface area contributed by atoms with Gasteiger partial charge in [0, 0.05) is 11.6 Å². The first kappa shape index (κ1) is 14.1. The first-order chi connectivity index (χ1) is 9.60. The smallest absolute Gasteiger partial charge is 0.251 e. The van der Waals surface area contributed by atoms with Gasteiger partial charge >= 0.3 is 0 Å². The molecule has 0 saturated heterocycles. The summed E-state index contributed by atoms with van der Waals surface area (Å²) in [6.45, 7) is 4.40. The molecule has 0 fully saturated rings. The third-order valence-electron chi connectivity index (χ3n) is 2.94. The Bertz CT molecular complexity index is 573. The second-order valence-corrected chi connectivity index (χ2v) is 4.78. The molecule has 0 radical (unpaired) electrons. The number of hydrogen-bond donors (Lipinski definition) is 1. The van der Waals surface area contributed by atoms with E-state index in [1.807, 2.05) is 19.9 Å². The maximum Gasteiger partial charge on any atom is 0.251 e. The van der Waals surface area contributed by atoms with E-state index in [9.17, 15) is 4.79 Å². The monoisotopic (exact) mass is 274 g/mol. The number of rotatable bonds is 5. The lowest BCUT2D eigenvalue weighted by Gasteiger charge is -2.04. The Morgan fingerprint density at radius 3 is 2.60 bits per heavy atom. The SMILES string of the molecule is COc1ccc(C(=O)NCc2cc(C(C)C)no2)cc1. The number of aromatic nitrogens is 1. The fourth-order valence-corrected chi connectivity index (χ4v) is 1.70. The van der Waals surface area contributed by atoms with Crippen LogP contribution < -0.4 is 10.1 Å². The molecule has 0 unspecified atom stereocenters. The van der Waals surface area contributed by atoms with Gasteiger partial charge in [-0.2, -0.15) is 0 Å². The third-order valence-corrected chi connectivity index (χ3v) is 2.94. The van der Waals surface area contributed by atoms with E-state index in [0.717, 1.165) is 11.4 Å². The third kappa shape index (κ3) is 3.38. The second-order valence-electron chi connectivity index (χ2n) is 4.78. The van der Waals surface area contributed by atoms with Crippen molar-refractivity contribution in [1.29, 1.82) is 0 Å². The van der Waals surface area contributed by atoms with Crippen LogP contribution >= 0.6 is 0 Å². The van der Waals surface area contributed by atoms with Gasteiger partial charge in [0.1, 0.15) is 5.75 Å². The molecule has 0 bridgehead atoms. The zero-order valence-corrected chi connectivity index (χ0v) is 11.8. The molecule has 106 valence electrons. The van der Waals surface area contributed by atoms with Gasteiger partial charge in [-0.25, -0.2) is 0 Å². The molecule has 0 aliphatic rings. The maximum absolute atomic E-state index is 11.9. The van der Waals surface area contributed by atoms with Crippen molar-refractivity contribution in [3.8, 4) is 5.75 Å². The zero-order valence-electron chi connectivity index (χ0n) is 11.8. The number of carbonyl (C=O) groups excluding carboxylic acids is 1. The Morgan fingerprint density at radius 1 is 1.35 bits per heavy atom. The van der Waals surface area contributed by atoms with Crippen LogP contribution in [0.5, 0.6) is 5.75 Å². The Kier molecular flexibility index (Phi) is 4.40. The van der Waals surface area contributed by atoms with Crippen LogP contribution in [0.15, 0.2) is 34.9 Å². The quantitative estimate of drug-likeness (QED) is 0.910. The van der Waals surface area contributed by atoms with Crippen LogP contribution in [-0.2, 0) is 6.54 Å². The minimum atomic E-state index is -0.157. The molecule has 0 spiro atoms. The largest absolute Gasteiger partial charge is 0.497 e. The summed E-state index contributed by atoms with van der Waals surface area (Å²) in [5, 5.41) is 6.74. The highest BCUT2D eigenvalue weighted by molar-refractivity contribution is 5.94. The molecule has 5 nitrogen and oxygen atoms in total. The predicted molar refractivity (Wildman–Crippen MR) is 74.8 cm³/mol. The molecule has 5 heteroatoms. The molecule has 1 amide bonds. The molecule has 2 aromatic rings. The van der Waals surface area contributed by atoms with Crippen molar-refractivity contribution in [3.05, 3.63) is 47.3 Å². The summed E-state index contributed by atoms with van der Waals surface area (Å²) in [5.74, 6) is 1.52. The topological polar surface area (TPSA) is 64.4 Å². The van der Waals surface area contributed by atoms with E-state index in [2.05, 4.69) is 10.5 Å². The molecule has 0 saturated carbocycles. The molecule has 1 heterocycles. The molecular formula is C15H18N2O3. The van der Waals surface area contributed by atoms with E-state index >= 15 is 0 Å². The molecule has 20 heavy (non-hydrogen) atoms. The van der Waals surface area contributed by atoms with E-state index < -0.39 is 0 Å². The van der Waals surface area contributed by atoms with E-state index in [0.29, 0.717) is 23.8 Å². The Morgan fingerprint density at radius 2 is 2.05 bits per heavy atom. The van der Waals surface area contributed by atoms with Gasteiger partial charge in [0.15, 0.2) is 5.76 Å². The molecule has 1 N–H and O–H groups in total. The lowest BCUT2D eigenvalue weighted by molar-refractivity contribution is 0.0947. The fourth-order valence-electron chi connectivity index (χ4n) is 1.70. The highest BCUT2D eigenvalue weighted by Crippen LogP contribution is 2.14. The molecule has 2 rings (SSSR count). The summed E-state index contributed by atoms with van der Waals surface area (Å²) in [5.41, 5.74) is 1.47. The standard InChI is InChI=1S/C15H18N2O3/c1-10(2)14-8-13(20-17-14)9-16-15(18)11-4-6-12(19-3)7-5-11/h4-8,10H,9H2,1-3H3,(H,16,18). The van der Waals surface area contributed by atoms with Crippen molar-refractivity contribution < 1.29 is 14.1 Å². The summed E-state index contributed by atoms with van der Waals surface area (Å²) >= 11 is 0. The summed E-state index contributed by atoms with van der Waals surface area (Å²) < 4.78 is 10.2. The van der Waals surface area contributed by atoms with Crippen molar-refractivity contribution in [2.24, 2.45) is 0 Å². The summed E-state index contributed by atoms with van der Waals surface area (Å²) in [6, 6.07) is 8.79. The lowest BCUT2D eigenvalue weighted by atomic mass is 10.1. The van der Waals surface area contributed by atoms with E-state index in [-0.39, 0.29) is 5.91 Å². The number of ether oxygens (including phenoxy) is 1. The van der Waals surface area contributed by atoms with E-state index in [1.54, 1.807) is 31.4 Å². The lowest BCUT2D eigenvalue weighted by Crippen LogP contribution is -2.22. The van der Waals surface area contributed by atoms with Gasteiger partial charge in [-0.3, -0.25) is 4.79 Å². The van der Waals surface area contributed by atoms with Crippen LogP contribution in [0.3, 0.4) is 0 Å². The van der Waals surface area contributed by atoms with Crippen LogP contribution in [0.4, 0.5) is 0 Å². The number of hydrogen-bond acceptors (Lipinski definition) is 4. The number of nitrogens with one attached hydrogen (secondary N) is 1. The maximum atomic E-state index is 11.9. The van der Waals surface area contributed by atoms with Gasteiger partial charge in [-0.1, -0.05) is 19.0 Å².